The lowest BCUT2D eigenvalue weighted by molar-refractivity contribution is -0.274. The Labute approximate surface area is 200 Å². The maximum Gasteiger partial charge on any atom is 0.573 e. The number of benzene rings is 1. The molecular weight excluding hydrogens is 469 g/mol. The van der Waals surface area contributed by atoms with Gasteiger partial charge < -0.3 is 21.1 Å². The van der Waals surface area contributed by atoms with Crippen LogP contribution >= 0.6 is 11.3 Å². The van der Waals surface area contributed by atoms with Crippen molar-refractivity contribution in [3.8, 4) is 5.75 Å². The number of nitrogens with two attached hydrogens (primary N) is 1. The number of hydrogen-bond donors (Lipinski definition) is 3. The zero-order valence-corrected chi connectivity index (χ0v) is 20.2. The summed E-state index contributed by atoms with van der Waals surface area (Å²) in [6.07, 6.45) is 0.699. The fraction of sp³-hybridized carbons (Fsp3) is 0.609. The molecule has 34 heavy (non-hydrogen) atoms. The monoisotopic (exact) mass is 500 g/mol. The zero-order valence-electron chi connectivity index (χ0n) is 19.3. The predicted octanol–water partition coefficient (Wildman–Crippen LogP) is 4.96. The molecular formula is C23H31F3N4O3S. The molecule has 0 radical (unpaired) electrons. The molecule has 0 bridgehead atoms. The average molecular weight is 501 g/mol. The number of alkyl halides is 3. The molecule has 1 saturated carbocycles. The van der Waals surface area contributed by atoms with E-state index in [9.17, 15) is 22.8 Å². The second kappa shape index (κ2) is 10.9. The largest absolute Gasteiger partial charge is 0.573 e. The number of rotatable bonds is 9. The van der Waals surface area contributed by atoms with Crippen LogP contribution in [0.2, 0.25) is 0 Å². The van der Waals surface area contributed by atoms with Crippen molar-refractivity contribution in [1.82, 2.24) is 10.3 Å². The molecule has 1 heterocycles. The van der Waals surface area contributed by atoms with Gasteiger partial charge in [0.25, 0.3) is 0 Å². The van der Waals surface area contributed by atoms with Gasteiger partial charge in [-0.25, -0.2) is 4.98 Å². The fourth-order valence-electron chi connectivity index (χ4n) is 4.40. The summed E-state index contributed by atoms with van der Waals surface area (Å²) in [5.74, 6) is -0.482. The van der Waals surface area contributed by atoms with Crippen LogP contribution in [0.1, 0.15) is 58.8 Å². The number of halogens is 3. The Balaban J connectivity index is 1.64. The Morgan fingerprint density at radius 1 is 1.24 bits per heavy atom. The number of thiazole rings is 1. The third-order valence-corrected chi connectivity index (χ3v) is 6.92. The number of amides is 2. The van der Waals surface area contributed by atoms with Gasteiger partial charge >= 0.3 is 6.36 Å². The summed E-state index contributed by atoms with van der Waals surface area (Å²) in [4.78, 5) is 29.6. The van der Waals surface area contributed by atoms with Crippen LogP contribution in [0.4, 0.5) is 18.3 Å². The van der Waals surface area contributed by atoms with Crippen molar-refractivity contribution in [3.63, 3.8) is 0 Å². The van der Waals surface area contributed by atoms with Gasteiger partial charge in [-0.15, -0.1) is 13.2 Å². The topological polar surface area (TPSA) is 106 Å². The average Bonchev–Trinajstić information content (AvgIpc) is 3.12. The van der Waals surface area contributed by atoms with Gasteiger partial charge in [0.1, 0.15) is 5.75 Å². The van der Waals surface area contributed by atoms with E-state index in [-0.39, 0.29) is 29.4 Å². The number of aromatic nitrogens is 1. The second-order valence-corrected chi connectivity index (χ2v) is 10.5. The third kappa shape index (κ3) is 7.56. The Morgan fingerprint density at radius 3 is 2.59 bits per heavy atom. The van der Waals surface area contributed by atoms with E-state index in [0.717, 1.165) is 43.4 Å². The molecule has 2 amide bonds. The molecule has 1 aromatic heterocycles. The Morgan fingerprint density at radius 2 is 1.94 bits per heavy atom. The Bertz CT molecular complexity index is 1000. The van der Waals surface area contributed by atoms with E-state index in [2.05, 4.69) is 20.4 Å². The van der Waals surface area contributed by atoms with Gasteiger partial charge in [0, 0.05) is 19.0 Å². The number of hydrogen-bond acceptors (Lipinski definition) is 6. The van der Waals surface area contributed by atoms with Crippen molar-refractivity contribution >= 4 is 38.5 Å². The van der Waals surface area contributed by atoms with Crippen LogP contribution in [0.25, 0.3) is 10.2 Å². The SMILES string of the molecule is CC(C)C[C@H](N)C(=O)NCC1(CC(=O)Nc2nc3ccc(OC(F)(F)F)cc3s2)CCCCC1. The predicted molar refractivity (Wildman–Crippen MR) is 126 cm³/mol. The number of fused-ring (bicyclic) bond motifs is 1. The highest BCUT2D eigenvalue weighted by molar-refractivity contribution is 7.22. The van der Waals surface area contributed by atoms with Gasteiger partial charge in [-0.1, -0.05) is 44.4 Å². The van der Waals surface area contributed by atoms with Gasteiger partial charge in [0.05, 0.1) is 16.3 Å². The highest BCUT2D eigenvalue weighted by Gasteiger charge is 2.35. The van der Waals surface area contributed by atoms with Crippen molar-refractivity contribution in [2.75, 3.05) is 11.9 Å². The Kier molecular flexibility index (Phi) is 8.40. The van der Waals surface area contributed by atoms with Crippen LogP contribution in [0, 0.1) is 11.3 Å². The number of ether oxygens (including phenoxy) is 1. The minimum atomic E-state index is -4.78. The molecule has 188 valence electrons. The molecule has 1 atom stereocenters. The molecule has 0 unspecified atom stereocenters. The van der Waals surface area contributed by atoms with Gasteiger partial charge in [0.2, 0.25) is 11.8 Å². The van der Waals surface area contributed by atoms with E-state index in [1.165, 1.54) is 18.2 Å². The van der Waals surface area contributed by atoms with E-state index < -0.39 is 12.4 Å². The van der Waals surface area contributed by atoms with Crippen LogP contribution in [0.5, 0.6) is 5.75 Å². The lowest BCUT2D eigenvalue weighted by Gasteiger charge is -2.37. The zero-order chi connectivity index (χ0) is 24.9. The molecule has 0 saturated heterocycles. The lowest BCUT2D eigenvalue weighted by atomic mass is 9.71. The number of nitrogens with one attached hydrogen (secondary N) is 2. The maximum absolute atomic E-state index is 12.9. The van der Waals surface area contributed by atoms with Crippen LogP contribution in [0.15, 0.2) is 18.2 Å². The molecule has 0 spiro atoms. The van der Waals surface area contributed by atoms with Crippen molar-refractivity contribution in [2.24, 2.45) is 17.1 Å². The first-order valence-corrected chi connectivity index (χ1v) is 12.3. The summed E-state index contributed by atoms with van der Waals surface area (Å²) in [6, 6.07) is 3.27. The van der Waals surface area contributed by atoms with Crippen LogP contribution in [-0.4, -0.2) is 35.7 Å². The molecule has 1 aliphatic rings. The minimum Gasteiger partial charge on any atom is -0.406 e. The summed E-state index contributed by atoms with van der Waals surface area (Å²) >= 11 is 1.08. The van der Waals surface area contributed by atoms with Crippen molar-refractivity contribution in [1.29, 1.82) is 0 Å². The summed E-state index contributed by atoms with van der Waals surface area (Å²) in [5, 5.41) is 6.03. The summed E-state index contributed by atoms with van der Waals surface area (Å²) in [6.45, 7) is 4.39. The normalized spacial score (nSPS) is 16.9. The summed E-state index contributed by atoms with van der Waals surface area (Å²) in [7, 11) is 0. The smallest absolute Gasteiger partial charge is 0.406 e. The second-order valence-electron chi connectivity index (χ2n) is 9.44. The number of carbonyl (C=O) groups is 2. The first-order valence-electron chi connectivity index (χ1n) is 11.4. The van der Waals surface area contributed by atoms with Crippen molar-refractivity contribution in [2.45, 2.75) is 71.2 Å². The van der Waals surface area contributed by atoms with Crippen LogP contribution < -0.4 is 21.1 Å². The molecule has 7 nitrogen and oxygen atoms in total. The molecule has 11 heteroatoms. The first-order chi connectivity index (χ1) is 15.9. The molecule has 1 fully saturated rings. The minimum absolute atomic E-state index is 0.206. The van der Waals surface area contributed by atoms with E-state index in [1.807, 2.05) is 13.8 Å². The van der Waals surface area contributed by atoms with Gasteiger partial charge in [-0.05, 0) is 42.7 Å². The van der Waals surface area contributed by atoms with Crippen molar-refractivity contribution < 1.29 is 27.5 Å². The van der Waals surface area contributed by atoms with E-state index in [1.54, 1.807) is 0 Å². The summed E-state index contributed by atoms with van der Waals surface area (Å²) in [5.41, 5.74) is 6.10. The quantitative estimate of drug-likeness (QED) is 0.451. The van der Waals surface area contributed by atoms with Crippen molar-refractivity contribution in [3.05, 3.63) is 18.2 Å². The molecule has 2 aromatic rings. The van der Waals surface area contributed by atoms with E-state index in [0.29, 0.717) is 34.2 Å². The Hall–Kier alpha value is -2.40. The van der Waals surface area contributed by atoms with E-state index in [4.69, 9.17) is 5.73 Å². The van der Waals surface area contributed by atoms with E-state index >= 15 is 0 Å². The van der Waals surface area contributed by atoms with Crippen LogP contribution in [0.3, 0.4) is 0 Å². The highest BCUT2D eigenvalue weighted by Crippen LogP contribution is 2.39. The molecule has 4 N–H and O–H groups in total. The third-order valence-electron chi connectivity index (χ3n) is 5.99. The standard InChI is InChI=1S/C23H31F3N4O3S/c1-14(2)10-16(27)20(32)28-13-22(8-4-3-5-9-22)12-19(31)30-21-29-17-7-6-15(11-18(17)34-21)33-23(24,25)26/h6-7,11,14,16H,3-5,8-10,12-13,27H2,1-2H3,(H,28,32)(H,29,30,31)/t16-/m0/s1. The van der Waals surface area contributed by atoms with Gasteiger partial charge in [0.15, 0.2) is 5.13 Å². The highest BCUT2D eigenvalue weighted by atomic mass is 32.1. The molecule has 3 rings (SSSR count). The number of anilines is 1. The first kappa shape index (κ1) is 26.2. The number of carbonyl (C=O) groups excluding carboxylic acids is 2. The maximum atomic E-state index is 12.9. The van der Waals surface area contributed by atoms with Gasteiger partial charge in [-0.2, -0.15) is 0 Å². The summed E-state index contributed by atoms with van der Waals surface area (Å²) < 4.78 is 41.8. The number of nitrogens with zero attached hydrogens (tertiary/aromatic N) is 1. The molecule has 1 aromatic carbocycles. The fourth-order valence-corrected chi connectivity index (χ4v) is 5.31. The van der Waals surface area contributed by atoms with Gasteiger partial charge in [-0.3, -0.25) is 9.59 Å². The molecule has 1 aliphatic carbocycles. The molecule has 0 aliphatic heterocycles. The lowest BCUT2D eigenvalue weighted by Crippen LogP contribution is -2.47. The van der Waals surface area contributed by atoms with Crippen LogP contribution in [-0.2, 0) is 9.59 Å².